The van der Waals surface area contributed by atoms with E-state index in [2.05, 4.69) is 45.0 Å². The monoisotopic (exact) mass is 443 g/mol. The Morgan fingerprint density at radius 3 is 2.58 bits per heavy atom. The van der Waals surface area contributed by atoms with Crippen LogP contribution in [0.5, 0.6) is 0 Å². The van der Waals surface area contributed by atoms with Crippen molar-refractivity contribution in [2.24, 2.45) is 5.92 Å². The Kier molecular flexibility index (Phi) is 7.64. The largest absolute Gasteiger partial charge is 0.384 e. The maximum Gasteiger partial charge on any atom is 0.126 e. The number of ether oxygens (including phenoxy) is 1. The van der Waals surface area contributed by atoms with Gasteiger partial charge in [0.05, 0.1) is 17.3 Å². The number of rotatable bonds is 10. The quantitative estimate of drug-likeness (QED) is 0.481. The van der Waals surface area contributed by atoms with Crippen LogP contribution in [0, 0.1) is 5.92 Å². The predicted octanol–water partition coefficient (Wildman–Crippen LogP) is 4.97. The third-order valence-electron chi connectivity index (χ3n) is 6.21. The van der Waals surface area contributed by atoms with Crippen LogP contribution in [0.1, 0.15) is 45.4 Å². The van der Waals surface area contributed by atoms with Crippen molar-refractivity contribution in [2.45, 2.75) is 63.6 Å². The zero-order valence-corrected chi connectivity index (χ0v) is 19.3. The molecule has 2 heterocycles. The summed E-state index contributed by atoms with van der Waals surface area (Å²) in [4.78, 5) is 8.94. The van der Waals surface area contributed by atoms with Gasteiger partial charge in [0.1, 0.15) is 5.82 Å². The van der Waals surface area contributed by atoms with Crippen molar-refractivity contribution in [3.63, 3.8) is 0 Å². The Bertz CT molecular complexity index is 852. The van der Waals surface area contributed by atoms with Crippen molar-refractivity contribution in [1.29, 1.82) is 0 Å². The molecule has 2 aromatic rings. The van der Waals surface area contributed by atoms with Gasteiger partial charge in [-0.15, -0.1) is 0 Å². The molecule has 0 unspecified atom stereocenters. The van der Waals surface area contributed by atoms with Gasteiger partial charge < -0.3 is 20.7 Å². The normalized spacial score (nSPS) is 22.2. The molecule has 2 aromatic heterocycles. The second-order valence-electron chi connectivity index (χ2n) is 9.05. The highest BCUT2D eigenvalue weighted by atomic mass is 35.5. The first-order valence-corrected chi connectivity index (χ1v) is 11.8. The van der Waals surface area contributed by atoms with Gasteiger partial charge in [0.25, 0.3) is 0 Å². The summed E-state index contributed by atoms with van der Waals surface area (Å²) in [5.41, 5.74) is 3.02. The van der Waals surface area contributed by atoms with E-state index in [0.717, 1.165) is 67.4 Å². The molecule has 0 aliphatic heterocycles. The minimum atomic E-state index is 0.392. The molecule has 0 radical (unpaired) electrons. The average molecular weight is 444 g/mol. The van der Waals surface area contributed by atoms with E-state index in [1.807, 2.05) is 12.4 Å². The topological polar surface area (TPSA) is 71.1 Å². The highest BCUT2D eigenvalue weighted by Gasteiger charge is 2.23. The van der Waals surface area contributed by atoms with E-state index in [4.69, 9.17) is 16.3 Å². The molecule has 2 saturated carbocycles. The van der Waals surface area contributed by atoms with Crippen LogP contribution in [-0.2, 0) is 4.74 Å². The molecule has 0 spiro atoms. The highest BCUT2D eigenvalue weighted by molar-refractivity contribution is 6.33. The Hall–Kier alpha value is -1.89. The zero-order valence-electron chi connectivity index (χ0n) is 18.5. The summed E-state index contributed by atoms with van der Waals surface area (Å²) in [7, 11) is 1.75. The van der Waals surface area contributed by atoms with Crippen molar-refractivity contribution < 1.29 is 4.74 Å². The third kappa shape index (κ3) is 6.55. The lowest BCUT2D eigenvalue weighted by molar-refractivity contribution is 0.161. The maximum absolute atomic E-state index is 6.50. The van der Waals surface area contributed by atoms with Gasteiger partial charge in [0.15, 0.2) is 0 Å². The Balaban J connectivity index is 1.35. The van der Waals surface area contributed by atoms with Gasteiger partial charge in [-0.25, -0.2) is 4.98 Å². The number of nitrogens with zero attached hydrogens (tertiary/aromatic N) is 2. The number of hydrogen-bond donors (Lipinski definition) is 3. The predicted molar refractivity (Wildman–Crippen MR) is 128 cm³/mol. The van der Waals surface area contributed by atoms with Crippen molar-refractivity contribution in [3.05, 3.63) is 35.7 Å². The molecular weight excluding hydrogens is 410 g/mol. The Morgan fingerprint density at radius 1 is 1.06 bits per heavy atom. The van der Waals surface area contributed by atoms with E-state index in [9.17, 15) is 0 Å². The summed E-state index contributed by atoms with van der Waals surface area (Å²) < 4.78 is 5.23. The van der Waals surface area contributed by atoms with E-state index in [1.54, 1.807) is 13.3 Å². The minimum absolute atomic E-state index is 0.392. The number of anilines is 2. The number of halogens is 1. The van der Waals surface area contributed by atoms with Gasteiger partial charge in [-0.1, -0.05) is 11.6 Å². The van der Waals surface area contributed by atoms with Gasteiger partial charge in [0, 0.05) is 61.5 Å². The van der Waals surface area contributed by atoms with Crippen LogP contribution < -0.4 is 16.0 Å². The molecule has 2 aliphatic carbocycles. The second-order valence-corrected chi connectivity index (χ2v) is 9.46. The van der Waals surface area contributed by atoms with E-state index in [-0.39, 0.29) is 0 Å². The first kappa shape index (κ1) is 22.3. The van der Waals surface area contributed by atoms with Crippen molar-refractivity contribution >= 4 is 23.1 Å². The second kappa shape index (κ2) is 10.6. The van der Waals surface area contributed by atoms with Crippen LogP contribution >= 0.6 is 11.6 Å². The summed E-state index contributed by atoms with van der Waals surface area (Å²) in [6.45, 7) is 3.95. The lowest BCUT2D eigenvalue weighted by Gasteiger charge is -2.32. The third-order valence-corrected chi connectivity index (χ3v) is 6.51. The van der Waals surface area contributed by atoms with E-state index < -0.39 is 0 Å². The first-order valence-electron chi connectivity index (χ1n) is 11.5. The van der Waals surface area contributed by atoms with Crippen LogP contribution in [0.2, 0.25) is 5.02 Å². The van der Waals surface area contributed by atoms with E-state index in [0.29, 0.717) is 23.1 Å². The molecule has 0 bridgehead atoms. The molecule has 0 amide bonds. The van der Waals surface area contributed by atoms with Crippen LogP contribution in [-0.4, -0.2) is 48.4 Å². The molecule has 0 saturated heterocycles. The molecule has 3 N–H and O–H groups in total. The lowest BCUT2D eigenvalue weighted by Crippen LogP contribution is -2.42. The van der Waals surface area contributed by atoms with Gasteiger partial charge in [-0.3, -0.25) is 4.98 Å². The summed E-state index contributed by atoms with van der Waals surface area (Å²) >= 11 is 6.50. The Morgan fingerprint density at radius 2 is 1.84 bits per heavy atom. The zero-order chi connectivity index (χ0) is 21.6. The summed E-state index contributed by atoms with van der Waals surface area (Å²) in [6, 6.07) is 5.56. The maximum atomic E-state index is 6.50. The first-order chi connectivity index (χ1) is 15.1. The molecule has 0 aromatic carbocycles. The van der Waals surface area contributed by atoms with Gasteiger partial charge in [-0.2, -0.15) is 0 Å². The Labute approximate surface area is 190 Å². The molecule has 4 rings (SSSR count). The fraction of sp³-hybridized carbons (Fsp3) is 0.583. The highest BCUT2D eigenvalue weighted by Crippen LogP contribution is 2.32. The molecule has 168 valence electrons. The summed E-state index contributed by atoms with van der Waals surface area (Å²) in [5, 5.41) is 11.4. The molecular formula is C24H34ClN5O. The molecule has 7 heteroatoms. The fourth-order valence-corrected chi connectivity index (χ4v) is 4.53. The van der Waals surface area contributed by atoms with Gasteiger partial charge in [0.2, 0.25) is 0 Å². The average Bonchev–Trinajstić information content (AvgIpc) is 3.60. The van der Waals surface area contributed by atoms with Crippen LogP contribution in [0.4, 0.5) is 11.5 Å². The van der Waals surface area contributed by atoms with Crippen molar-refractivity contribution in [1.82, 2.24) is 15.3 Å². The molecule has 2 aliphatic rings. The van der Waals surface area contributed by atoms with Crippen LogP contribution in [0.15, 0.2) is 30.7 Å². The molecule has 6 nitrogen and oxygen atoms in total. The fourth-order valence-electron chi connectivity index (χ4n) is 4.32. The van der Waals surface area contributed by atoms with E-state index in [1.165, 1.54) is 12.8 Å². The number of nitrogens with one attached hydrogen (secondary N) is 3. The number of hydrogen-bond acceptors (Lipinski definition) is 6. The minimum Gasteiger partial charge on any atom is -0.384 e. The number of aromatic nitrogens is 2. The summed E-state index contributed by atoms with van der Waals surface area (Å²) in [6.07, 6.45) is 12.7. The van der Waals surface area contributed by atoms with Gasteiger partial charge in [-0.05, 0) is 63.5 Å². The number of pyridine rings is 2. The SMILES string of the molecule is COC[C@@H](C)NC1CCC(Nc2cc(-c3cncc(NCC4CC4)c3)c(Cl)cn2)CC1. The molecule has 1 atom stereocenters. The van der Waals surface area contributed by atoms with Crippen molar-refractivity contribution in [3.8, 4) is 11.1 Å². The lowest BCUT2D eigenvalue weighted by atomic mass is 9.90. The van der Waals surface area contributed by atoms with Crippen LogP contribution in [0.25, 0.3) is 11.1 Å². The summed E-state index contributed by atoms with van der Waals surface area (Å²) in [5.74, 6) is 1.69. The molecule has 31 heavy (non-hydrogen) atoms. The molecule has 2 fully saturated rings. The van der Waals surface area contributed by atoms with Crippen molar-refractivity contribution in [2.75, 3.05) is 30.9 Å². The standard InChI is InChI=1S/C24H34ClN5O/c1-16(15-31-2)29-19-5-7-20(8-6-19)30-24-10-22(23(25)14-28-24)18-9-21(13-26-12-18)27-11-17-3-4-17/h9-10,12-14,16-17,19-20,27,29H,3-8,11,15H2,1-2H3,(H,28,30)/t16-,19?,20?/m1/s1. The smallest absolute Gasteiger partial charge is 0.126 e. The number of methoxy groups -OCH3 is 1. The van der Waals surface area contributed by atoms with Crippen LogP contribution in [0.3, 0.4) is 0 Å². The van der Waals surface area contributed by atoms with Gasteiger partial charge >= 0.3 is 0 Å². The van der Waals surface area contributed by atoms with E-state index >= 15 is 0 Å².